The smallest absolute Gasteiger partial charge is 0.128 e. The van der Waals surface area contributed by atoms with Gasteiger partial charge in [-0.1, -0.05) is 6.07 Å². The lowest BCUT2D eigenvalue weighted by atomic mass is 9.85. The maximum absolute atomic E-state index is 6.43. The summed E-state index contributed by atoms with van der Waals surface area (Å²) >= 11 is 0. The van der Waals surface area contributed by atoms with Crippen LogP contribution >= 0.6 is 0 Å². The number of hydrogen-bond acceptors (Lipinski definition) is 4. The Morgan fingerprint density at radius 3 is 2.80 bits per heavy atom. The maximum atomic E-state index is 6.43. The highest BCUT2D eigenvalue weighted by molar-refractivity contribution is 5.45. The topological polar surface area (TPSA) is 33.7 Å². The molecule has 4 heteroatoms. The van der Waals surface area contributed by atoms with Crippen LogP contribution in [0.4, 0.5) is 0 Å². The molecule has 1 N–H and O–H groups in total. The highest BCUT2D eigenvalue weighted by Gasteiger charge is 2.47. The number of fused-ring (bicyclic) bond motifs is 1. The Labute approximate surface area is 121 Å². The number of hydrogen-bond donors (Lipinski definition) is 1. The molecular formula is C16H24N2O2. The van der Waals surface area contributed by atoms with Crippen LogP contribution in [0.3, 0.4) is 0 Å². The fourth-order valence-electron chi connectivity index (χ4n) is 3.62. The fraction of sp³-hybridized carbons (Fsp3) is 0.625. The van der Waals surface area contributed by atoms with E-state index in [-0.39, 0.29) is 5.60 Å². The summed E-state index contributed by atoms with van der Waals surface area (Å²) in [6, 6.07) is 7.06. The average molecular weight is 276 g/mol. The lowest BCUT2D eigenvalue weighted by molar-refractivity contribution is 0.0414. The molecule has 0 amide bonds. The van der Waals surface area contributed by atoms with Crippen molar-refractivity contribution in [3.05, 3.63) is 23.8 Å². The summed E-state index contributed by atoms with van der Waals surface area (Å²) in [5.41, 5.74) is 1.17. The first-order valence-corrected chi connectivity index (χ1v) is 7.31. The van der Waals surface area contributed by atoms with Crippen molar-refractivity contribution >= 4 is 0 Å². The normalized spacial score (nSPS) is 33.0. The van der Waals surface area contributed by atoms with Gasteiger partial charge in [-0.2, -0.15) is 0 Å². The van der Waals surface area contributed by atoms with Crippen molar-refractivity contribution in [2.45, 2.75) is 37.5 Å². The van der Waals surface area contributed by atoms with Crippen LogP contribution < -0.4 is 14.8 Å². The molecule has 0 bridgehead atoms. The molecule has 1 fully saturated rings. The Kier molecular flexibility index (Phi) is 3.38. The molecule has 0 aromatic heterocycles. The molecule has 3 unspecified atom stereocenters. The third kappa shape index (κ3) is 2.17. The molecule has 1 aromatic rings. The Morgan fingerprint density at radius 2 is 2.20 bits per heavy atom. The summed E-state index contributed by atoms with van der Waals surface area (Å²) in [7, 11) is 5.90. The van der Waals surface area contributed by atoms with E-state index in [1.54, 1.807) is 7.11 Å². The van der Waals surface area contributed by atoms with E-state index in [1.807, 2.05) is 19.2 Å². The average Bonchev–Trinajstić information content (AvgIpc) is 2.71. The number of ether oxygens (including phenoxy) is 2. The third-order valence-corrected chi connectivity index (χ3v) is 4.80. The Balaban J connectivity index is 1.96. The Hall–Kier alpha value is -1.26. The van der Waals surface area contributed by atoms with Crippen LogP contribution in [0.25, 0.3) is 0 Å². The van der Waals surface area contributed by atoms with E-state index in [2.05, 4.69) is 30.3 Å². The van der Waals surface area contributed by atoms with Gasteiger partial charge >= 0.3 is 0 Å². The molecule has 2 aliphatic heterocycles. The molecule has 3 rings (SSSR count). The Bertz CT molecular complexity index is 493. The van der Waals surface area contributed by atoms with Gasteiger partial charge in [0.15, 0.2) is 0 Å². The van der Waals surface area contributed by atoms with Crippen molar-refractivity contribution in [1.29, 1.82) is 0 Å². The van der Waals surface area contributed by atoms with Crippen LogP contribution in [0.2, 0.25) is 0 Å². The second kappa shape index (κ2) is 4.93. The first-order chi connectivity index (χ1) is 9.57. The molecule has 4 nitrogen and oxygen atoms in total. The molecule has 3 atom stereocenters. The number of rotatable bonds is 2. The van der Waals surface area contributed by atoms with Crippen molar-refractivity contribution in [2.75, 3.05) is 27.7 Å². The number of nitrogens with one attached hydrogen (secondary N) is 1. The van der Waals surface area contributed by atoms with E-state index in [1.165, 1.54) is 5.56 Å². The molecule has 110 valence electrons. The van der Waals surface area contributed by atoms with E-state index in [0.717, 1.165) is 30.9 Å². The summed E-state index contributed by atoms with van der Waals surface area (Å²) in [5.74, 6) is 1.83. The van der Waals surface area contributed by atoms with Gasteiger partial charge in [0.25, 0.3) is 0 Å². The van der Waals surface area contributed by atoms with Gasteiger partial charge in [0.05, 0.1) is 7.11 Å². The number of likely N-dealkylation sites (N-methyl/N-ethyl adjacent to an activating group) is 1. The van der Waals surface area contributed by atoms with E-state index in [4.69, 9.17) is 9.47 Å². The highest BCUT2D eigenvalue weighted by atomic mass is 16.5. The van der Waals surface area contributed by atoms with Crippen LogP contribution in [0.1, 0.15) is 31.4 Å². The second-order valence-corrected chi connectivity index (χ2v) is 6.20. The quantitative estimate of drug-likeness (QED) is 0.898. The maximum Gasteiger partial charge on any atom is 0.128 e. The van der Waals surface area contributed by atoms with E-state index >= 15 is 0 Å². The molecule has 20 heavy (non-hydrogen) atoms. The lowest BCUT2D eigenvalue weighted by Crippen LogP contribution is -2.45. The van der Waals surface area contributed by atoms with Crippen LogP contribution in [-0.4, -0.2) is 44.3 Å². The van der Waals surface area contributed by atoms with Gasteiger partial charge in [0, 0.05) is 43.1 Å². The van der Waals surface area contributed by atoms with Crippen LogP contribution in [0.15, 0.2) is 18.2 Å². The zero-order valence-corrected chi connectivity index (χ0v) is 12.8. The van der Waals surface area contributed by atoms with Gasteiger partial charge in [0.2, 0.25) is 0 Å². The zero-order valence-electron chi connectivity index (χ0n) is 12.8. The fourth-order valence-corrected chi connectivity index (χ4v) is 3.62. The van der Waals surface area contributed by atoms with Crippen molar-refractivity contribution in [3.8, 4) is 11.5 Å². The summed E-state index contributed by atoms with van der Waals surface area (Å²) in [6.07, 6.45) is 2.11. The minimum atomic E-state index is -0.0682. The molecule has 1 saturated heterocycles. The monoisotopic (exact) mass is 276 g/mol. The SMILES string of the molecule is CNC1CC2(CC(C)N(C)C2)Oc2cc(OC)ccc21. The molecule has 0 saturated carbocycles. The van der Waals surface area contributed by atoms with Crippen LogP contribution in [-0.2, 0) is 0 Å². The second-order valence-electron chi connectivity index (χ2n) is 6.20. The van der Waals surface area contributed by atoms with Gasteiger partial charge < -0.3 is 14.8 Å². The third-order valence-electron chi connectivity index (χ3n) is 4.80. The molecule has 2 aliphatic rings. The van der Waals surface area contributed by atoms with Gasteiger partial charge in [-0.3, -0.25) is 4.90 Å². The van der Waals surface area contributed by atoms with Gasteiger partial charge in [0.1, 0.15) is 17.1 Å². The minimum absolute atomic E-state index is 0.0682. The first-order valence-electron chi connectivity index (χ1n) is 7.31. The van der Waals surface area contributed by atoms with Gasteiger partial charge in [-0.25, -0.2) is 0 Å². The molecular weight excluding hydrogens is 252 g/mol. The lowest BCUT2D eigenvalue weighted by Gasteiger charge is -2.40. The predicted molar refractivity (Wildman–Crippen MR) is 79.5 cm³/mol. The number of likely N-dealkylation sites (tertiary alicyclic amines) is 1. The summed E-state index contributed by atoms with van der Waals surface area (Å²) < 4.78 is 11.8. The van der Waals surface area contributed by atoms with Gasteiger partial charge in [-0.05, 0) is 27.1 Å². The van der Waals surface area contributed by atoms with Crippen molar-refractivity contribution < 1.29 is 9.47 Å². The molecule has 1 spiro atoms. The van der Waals surface area contributed by atoms with Crippen molar-refractivity contribution in [2.24, 2.45) is 0 Å². The summed E-state index contributed by atoms with van der Waals surface area (Å²) in [5, 5.41) is 3.44. The molecule has 0 aliphatic carbocycles. The number of methoxy groups -OCH3 is 1. The molecule has 2 heterocycles. The van der Waals surface area contributed by atoms with Crippen LogP contribution in [0, 0.1) is 0 Å². The van der Waals surface area contributed by atoms with Crippen LogP contribution in [0.5, 0.6) is 11.5 Å². The van der Waals surface area contributed by atoms with E-state index in [0.29, 0.717) is 12.1 Å². The summed E-state index contributed by atoms with van der Waals surface area (Å²) in [6.45, 7) is 3.26. The zero-order chi connectivity index (χ0) is 14.3. The minimum Gasteiger partial charge on any atom is -0.497 e. The Morgan fingerprint density at radius 1 is 1.40 bits per heavy atom. The number of nitrogens with zero attached hydrogens (tertiary/aromatic N) is 1. The van der Waals surface area contributed by atoms with Crippen molar-refractivity contribution in [1.82, 2.24) is 10.2 Å². The molecule has 0 radical (unpaired) electrons. The van der Waals surface area contributed by atoms with E-state index < -0.39 is 0 Å². The predicted octanol–water partition coefficient (Wildman–Crippen LogP) is 2.20. The first kappa shape index (κ1) is 13.7. The highest BCUT2D eigenvalue weighted by Crippen LogP contribution is 2.45. The number of benzene rings is 1. The van der Waals surface area contributed by atoms with Crippen molar-refractivity contribution in [3.63, 3.8) is 0 Å². The summed E-state index contributed by atoms with van der Waals surface area (Å²) in [4.78, 5) is 2.39. The standard InChI is InChI=1S/C16H24N2O2/c1-11-8-16(10-18(11)3)9-14(17-2)13-6-5-12(19-4)7-15(13)20-16/h5-7,11,14,17H,8-10H2,1-4H3. The largest absolute Gasteiger partial charge is 0.497 e. The van der Waals surface area contributed by atoms with Gasteiger partial charge in [-0.15, -0.1) is 0 Å². The van der Waals surface area contributed by atoms with E-state index in [9.17, 15) is 0 Å². The molecule has 1 aromatic carbocycles.